The third-order valence-electron chi connectivity index (χ3n) is 6.57. The summed E-state index contributed by atoms with van der Waals surface area (Å²) in [6.07, 6.45) is 1.42. The molecule has 1 saturated heterocycles. The van der Waals surface area contributed by atoms with Gasteiger partial charge in [-0.05, 0) is 37.5 Å². The minimum Gasteiger partial charge on any atom is -0.492 e. The van der Waals surface area contributed by atoms with E-state index in [1.54, 1.807) is 0 Å². The molecule has 2 fully saturated rings. The molecule has 184 valence electrons. The Hall–Kier alpha value is -3.06. The van der Waals surface area contributed by atoms with E-state index in [4.69, 9.17) is 4.74 Å². The molecule has 2 aliphatic rings. The Balaban J connectivity index is 1.40. The molecule has 1 saturated carbocycles. The first-order chi connectivity index (χ1) is 16.8. The van der Waals surface area contributed by atoms with E-state index in [-0.39, 0.29) is 17.2 Å². The van der Waals surface area contributed by atoms with Crippen LogP contribution in [0.2, 0.25) is 0 Å². The molecule has 1 aliphatic heterocycles. The number of para-hydroxylation sites is 1. The van der Waals surface area contributed by atoms with Gasteiger partial charge in [0, 0.05) is 36.3 Å². The van der Waals surface area contributed by atoms with Crippen molar-refractivity contribution in [2.75, 3.05) is 49.1 Å². The van der Waals surface area contributed by atoms with Gasteiger partial charge in [-0.3, -0.25) is 0 Å². The van der Waals surface area contributed by atoms with Gasteiger partial charge in [-0.25, -0.2) is 18.2 Å². The Morgan fingerprint density at radius 2 is 1.83 bits per heavy atom. The largest absolute Gasteiger partial charge is 0.492 e. The lowest BCUT2D eigenvalue weighted by atomic mass is 9.62. The number of nitrogens with zero attached hydrogens (tertiary/aromatic N) is 3. The maximum Gasteiger partial charge on any atom is 0.229 e. The second kappa shape index (κ2) is 9.19. The van der Waals surface area contributed by atoms with Gasteiger partial charge in [-0.2, -0.15) is 4.98 Å². The molecular formula is C25H27F3N5OP. The number of ether oxygens (including phenoxy) is 1. The number of anilines is 5. The monoisotopic (exact) mass is 501 g/mol. The zero-order valence-electron chi connectivity index (χ0n) is 19.8. The van der Waals surface area contributed by atoms with Gasteiger partial charge in [-0.15, -0.1) is 0 Å². The molecule has 3 aromatic rings. The van der Waals surface area contributed by atoms with Crippen molar-refractivity contribution in [3.8, 4) is 5.75 Å². The summed E-state index contributed by atoms with van der Waals surface area (Å²) in [7, 11) is 1.08. The summed E-state index contributed by atoms with van der Waals surface area (Å²) >= 11 is 0. The topological polar surface area (TPSA) is 62.3 Å². The average molecular weight is 501 g/mol. The van der Waals surface area contributed by atoms with Crippen LogP contribution in [0.4, 0.5) is 42.0 Å². The molecule has 0 radical (unpaired) electrons. The summed E-state index contributed by atoms with van der Waals surface area (Å²) in [5.74, 6) is -0.539. The summed E-state index contributed by atoms with van der Waals surface area (Å²) in [6, 6.07) is 10.4. The Bertz CT molecular complexity index is 1240. The molecule has 35 heavy (non-hydrogen) atoms. The van der Waals surface area contributed by atoms with E-state index in [1.807, 2.05) is 29.2 Å². The predicted molar refractivity (Wildman–Crippen MR) is 135 cm³/mol. The van der Waals surface area contributed by atoms with E-state index in [0.29, 0.717) is 43.1 Å². The first-order valence-electron chi connectivity index (χ1n) is 11.4. The molecule has 2 heterocycles. The van der Waals surface area contributed by atoms with Crippen LogP contribution in [0.15, 0.2) is 42.6 Å². The van der Waals surface area contributed by atoms with Crippen molar-refractivity contribution < 1.29 is 17.9 Å². The Labute approximate surface area is 203 Å². The predicted octanol–water partition coefficient (Wildman–Crippen LogP) is 5.56. The number of alkyl halides is 1. The number of halogens is 3. The van der Waals surface area contributed by atoms with Gasteiger partial charge in [0.05, 0.1) is 24.7 Å². The Morgan fingerprint density at radius 3 is 2.51 bits per heavy atom. The highest BCUT2D eigenvalue weighted by molar-refractivity contribution is 7.64. The fraction of sp³-hybridized carbons (Fsp3) is 0.360. The van der Waals surface area contributed by atoms with Gasteiger partial charge in [0.1, 0.15) is 12.0 Å². The molecule has 0 amide bonds. The third-order valence-corrected chi connectivity index (χ3v) is 7.92. The van der Waals surface area contributed by atoms with Crippen LogP contribution in [0.25, 0.3) is 0 Å². The molecule has 2 N–H and O–H groups in total. The molecule has 2 aromatic carbocycles. The highest BCUT2D eigenvalue weighted by Crippen LogP contribution is 2.53. The summed E-state index contributed by atoms with van der Waals surface area (Å²) in [5.41, 5.74) is 1.66. The quantitative estimate of drug-likeness (QED) is 0.414. The van der Waals surface area contributed by atoms with Crippen LogP contribution in [-0.4, -0.2) is 49.7 Å². The minimum absolute atomic E-state index is 0.0119. The van der Waals surface area contributed by atoms with Crippen molar-refractivity contribution in [3.05, 3.63) is 54.2 Å². The third kappa shape index (κ3) is 4.61. The number of rotatable bonds is 7. The number of hydrogen-bond acceptors (Lipinski definition) is 6. The van der Waals surface area contributed by atoms with E-state index in [1.165, 1.54) is 19.2 Å². The number of methoxy groups -OCH3 is 1. The van der Waals surface area contributed by atoms with Crippen LogP contribution < -0.4 is 25.6 Å². The zero-order valence-corrected chi connectivity index (χ0v) is 20.7. The fourth-order valence-corrected chi connectivity index (χ4v) is 5.92. The van der Waals surface area contributed by atoms with E-state index in [9.17, 15) is 13.2 Å². The van der Waals surface area contributed by atoms with Crippen molar-refractivity contribution in [2.24, 2.45) is 5.41 Å². The van der Waals surface area contributed by atoms with Gasteiger partial charge in [-0.1, -0.05) is 26.1 Å². The smallest absolute Gasteiger partial charge is 0.229 e. The normalized spacial score (nSPS) is 16.7. The lowest BCUT2D eigenvalue weighted by Gasteiger charge is -2.58. The van der Waals surface area contributed by atoms with Gasteiger partial charge >= 0.3 is 0 Å². The van der Waals surface area contributed by atoms with E-state index in [2.05, 4.69) is 33.9 Å². The van der Waals surface area contributed by atoms with Crippen molar-refractivity contribution >= 4 is 42.1 Å². The summed E-state index contributed by atoms with van der Waals surface area (Å²) < 4.78 is 48.1. The highest BCUT2D eigenvalue weighted by atomic mass is 31.1. The molecular weight excluding hydrogens is 474 g/mol. The lowest BCUT2D eigenvalue weighted by molar-refractivity contribution is 0.000641. The zero-order chi connectivity index (χ0) is 24.7. The molecule has 1 spiro atoms. The molecule has 0 unspecified atom stereocenters. The molecule has 5 rings (SSSR count). The summed E-state index contributed by atoms with van der Waals surface area (Å²) in [5, 5.41) is 7.13. The first kappa shape index (κ1) is 23.7. The van der Waals surface area contributed by atoms with Crippen molar-refractivity contribution in [2.45, 2.75) is 19.0 Å². The molecule has 1 aromatic heterocycles. The van der Waals surface area contributed by atoms with E-state index < -0.39 is 25.7 Å². The maximum atomic E-state index is 14.6. The number of aromatic nitrogens is 2. The molecule has 1 aliphatic carbocycles. The Morgan fingerprint density at radius 1 is 1.09 bits per heavy atom. The van der Waals surface area contributed by atoms with E-state index >= 15 is 0 Å². The van der Waals surface area contributed by atoms with Crippen LogP contribution >= 0.6 is 7.92 Å². The Kier molecular flexibility index (Phi) is 6.21. The van der Waals surface area contributed by atoms with Gasteiger partial charge in [0.15, 0.2) is 17.4 Å². The van der Waals surface area contributed by atoms with Crippen LogP contribution in [0.5, 0.6) is 5.75 Å². The molecule has 6 nitrogen and oxygen atoms in total. The SMILES string of the molecule is COc1c(Nc2ncc(F)c(Nc3ccccc3P(C)C)n2)cc(F)cc1N1CC2(CC(F)C2)C1. The molecule has 10 heteroatoms. The molecule has 0 bridgehead atoms. The van der Waals surface area contributed by atoms with Gasteiger partial charge < -0.3 is 20.3 Å². The second-order valence-corrected chi connectivity index (χ2v) is 11.7. The number of hydrogen-bond donors (Lipinski definition) is 2. The fourth-order valence-electron chi connectivity index (χ4n) is 4.93. The first-order valence-corrected chi connectivity index (χ1v) is 13.6. The van der Waals surface area contributed by atoms with Crippen molar-refractivity contribution in [1.29, 1.82) is 0 Å². The van der Waals surface area contributed by atoms with Crippen LogP contribution in [0, 0.1) is 17.0 Å². The highest BCUT2D eigenvalue weighted by Gasteiger charge is 2.53. The lowest BCUT2D eigenvalue weighted by Crippen LogP contribution is -2.63. The van der Waals surface area contributed by atoms with Crippen LogP contribution in [0.3, 0.4) is 0 Å². The summed E-state index contributed by atoms with van der Waals surface area (Å²) in [6.45, 7) is 5.55. The van der Waals surface area contributed by atoms with Crippen LogP contribution in [0.1, 0.15) is 12.8 Å². The molecule has 0 atom stereocenters. The van der Waals surface area contributed by atoms with Crippen molar-refractivity contribution in [1.82, 2.24) is 9.97 Å². The minimum atomic E-state index is -0.740. The summed E-state index contributed by atoms with van der Waals surface area (Å²) in [4.78, 5) is 10.3. The van der Waals surface area contributed by atoms with Crippen molar-refractivity contribution in [3.63, 3.8) is 0 Å². The second-order valence-electron chi connectivity index (χ2n) is 9.42. The van der Waals surface area contributed by atoms with Gasteiger partial charge in [0.25, 0.3) is 0 Å². The maximum absolute atomic E-state index is 14.6. The standard InChI is InChI=1S/C25H27F3N5OP/c1-34-22-19(8-15(26)9-20(22)33-13-25(14-33)10-16(27)11-25)31-24-29-12-17(28)23(32-24)30-18-6-4-5-7-21(18)35(2)3/h4-9,12,16H,10-11,13-14H2,1-3H3,(H2,29,30,31,32). The van der Waals surface area contributed by atoms with Crippen LogP contribution in [-0.2, 0) is 0 Å². The van der Waals surface area contributed by atoms with Gasteiger partial charge in [0.2, 0.25) is 5.95 Å². The number of nitrogens with one attached hydrogen (secondary N) is 2. The number of benzene rings is 2. The van der Waals surface area contributed by atoms with E-state index in [0.717, 1.165) is 17.2 Å². The average Bonchev–Trinajstić information content (AvgIpc) is 2.77.